The Bertz CT molecular complexity index is 597. The fraction of sp³-hybridized carbons (Fsp3) is 0.462. The number of carbonyl (C=O) groups is 1. The first-order valence-corrected chi connectivity index (χ1v) is 7.42. The molecule has 0 aliphatic rings. The first-order chi connectivity index (χ1) is 9.42. The molecule has 0 fully saturated rings. The maximum Gasteiger partial charge on any atom is 0.416 e. The molecule has 0 bridgehead atoms. The quantitative estimate of drug-likeness (QED) is 0.619. The van der Waals surface area contributed by atoms with Crippen LogP contribution in [-0.2, 0) is 28.4 Å². The van der Waals surface area contributed by atoms with E-state index in [9.17, 15) is 26.7 Å². The van der Waals surface area contributed by atoms with Crippen molar-refractivity contribution in [1.82, 2.24) is 0 Å². The summed E-state index contributed by atoms with van der Waals surface area (Å²) in [7, 11) is 0. The van der Waals surface area contributed by atoms with Gasteiger partial charge in [-0.3, -0.25) is 9.00 Å². The fourth-order valence-corrected chi connectivity index (χ4v) is 2.47. The van der Waals surface area contributed by atoms with Crippen molar-refractivity contribution in [3.05, 3.63) is 34.4 Å². The van der Waals surface area contributed by atoms with Crippen LogP contribution in [0.4, 0.5) is 13.2 Å². The van der Waals surface area contributed by atoms with E-state index in [-0.39, 0.29) is 17.5 Å². The lowest BCUT2D eigenvalue weighted by molar-refractivity contribution is -0.138. The number of aryl methyl sites for hydroxylation is 1. The normalized spacial score (nSPS) is 14.1. The summed E-state index contributed by atoms with van der Waals surface area (Å²) >= 11 is 2.54. The smallest absolute Gasteiger partial charge is 0.416 e. The van der Waals surface area contributed by atoms with E-state index in [0.717, 1.165) is 6.07 Å². The van der Waals surface area contributed by atoms with Crippen molar-refractivity contribution in [2.24, 2.45) is 0 Å². The summed E-state index contributed by atoms with van der Waals surface area (Å²) in [6.07, 6.45) is -4.54. The van der Waals surface area contributed by atoms with Gasteiger partial charge in [0.2, 0.25) is 0 Å². The zero-order chi connectivity index (χ0) is 16.6. The van der Waals surface area contributed by atoms with Crippen LogP contribution < -0.4 is 0 Å². The van der Waals surface area contributed by atoms with Crippen molar-refractivity contribution < 1.29 is 26.7 Å². The number of benzene rings is 1. The molecule has 21 heavy (non-hydrogen) atoms. The second-order valence-corrected chi connectivity index (χ2v) is 6.76. The second-order valence-electron chi connectivity index (χ2n) is 4.92. The lowest BCUT2D eigenvalue weighted by Gasteiger charge is -2.31. The van der Waals surface area contributed by atoms with E-state index in [1.807, 2.05) is 0 Å². The Labute approximate surface area is 127 Å². The average Bonchev–Trinajstić information content (AvgIpc) is 2.35. The minimum absolute atomic E-state index is 0.250. The third kappa shape index (κ3) is 3.64. The molecule has 0 saturated heterocycles. The number of carbonyl (C=O) groups excluding carboxylic acids is 1. The van der Waals surface area contributed by atoms with Crippen LogP contribution in [0.3, 0.4) is 0 Å². The molecule has 1 aromatic carbocycles. The SMILES string of the molecule is CCc1cc(C(C)(C)S(=O)[O-])c(C(F)(F)F)cc1C(=O)Cl. The molecule has 0 aliphatic heterocycles. The first-order valence-electron chi connectivity index (χ1n) is 5.96. The minimum Gasteiger partial charge on any atom is -0.772 e. The van der Waals surface area contributed by atoms with Gasteiger partial charge in [0.25, 0.3) is 5.24 Å². The summed E-state index contributed by atoms with van der Waals surface area (Å²) in [6.45, 7) is 3.97. The highest BCUT2D eigenvalue weighted by Gasteiger charge is 2.39. The number of hydrogen-bond donors (Lipinski definition) is 0. The van der Waals surface area contributed by atoms with Crippen LogP contribution in [0.5, 0.6) is 0 Å². The standard InChI is InChI=1S/C13H14ClF3O3S/c1-4-7-5-9(12(2,3)21(19)20)10(13(15,16)17)6-8(7)11(14)18/h5-6H,4H2,1-3H3,(H,19,20)/p-1. The van der Waals surface area contributed by atoms with E-state index in [4.69, 9.17) is 11.6 Å². The van der Waals surface area contributed by atoms with Gasteiger partial charge in [0, 0.05) is 5.56 Å². The summed E-state index contributed by atoms with van der Waals surface area (Å²) in [5.41, 5.74) is -1.56. The highest BCUT2D eigenvalue weighted by Crippen LogP contribution is 2.40. The van der Waals surface area contributed by atoms with E-state index >= 15 is 0 Å². The molecule has 1 aromatic rings. The second kappa shape index (κ2) is 6.06. The molecule has 0 heterocycles. The maximum atomic E-state index is 13.2. The van der Waals surface area contributed by atoms with Gasteiger partial charge in [-0.15, -0.1) is 0 Å². The number of halogens is 4. The molecule has 1 unspecified atom stereocenters. The minimum atomic E-state index is -4.79. The molecule has 0 aromatic heterocycles. The molecule has 0 radical (unpaired) electrons. The van der Waals surface area contributed by atoms with Gasteiger partial charge in [-0.2, -0.15) is 13.2 Å². The fourth-order valence-electron chi connectivity index (χ4n) is 1.94. The van der Waals surface area contributed by atoms with Gasteiger partial charge in [-0.25, -0.2) is 0 Å². The first kappa shape index (κ1) is 18.1. The van der Waals surface area contributed by atoms with Gasteiger partial charge in [0.1, 0.15) is 0 Å². The van der Waals surface area contributed by atoms with Gasteiger partial charge in [-0.1, -0.05) is 13.0 Å². The summed E-state index contributed by atoms with van der Waals surface area (Å²) < 4.78 is 60.3. The van der Waals surface area contributed by atoms with Crippen molar-refractivity contribution >= 4 is 27.9 Å². The van der Waals surface area contributed by atoms with Gasteiger partial charge >= 0.3 is 6.18 Å². The maximum absolute atomic E-state index is 13.2. The summed E-state index contributed by atoms with van der Waals surface area (Å²) in [4.78, 5) is 11.3. The summed E-state index contributed by atoms with van der Waals surface area (Å²) in [5.74, 6) is 0. The Balaban J connectivity index is 3.78. The van der Waals surface area contributed by atoms with Crippen molar-refractivity contribution in [2.75, 3.05) is 0 Å². The van der Waals surface area contributed by atoms with Crippen LogP contribution >= 0.6 is 11.6 Å². The van der Waals surface area contributed by atoms with Crippen LogP contribution in [0.2, 0.25) is 0 Å². The van der Waals surface area contributed by atoms with Crippen LogP contribution in [-0.4, -0.2) is 14.0 Å². The van der Waals surface area contributed by atoms with E-state index in [2.05, 4.69) is 0 Å². The molecule has 0 spiro atoms. The predicted molar refractivity (Wildman–Crippen MR) is 73.0 cm³/mol. The van der Waals surface area contributed by atoms with Crippen LogP contribution in [0, 0.1) is 0 Å². The highest BCUT2D eigenvalue weighted by molar-refractivity contribution is 7.80. The molecule has 8 heteroatoms. The van der Waals surface area contributed by atoms with Gasteiger partial charge in [0.05, 0.1) is 10.3 Å². The summed E-state index contributed by atoms with van der Waals surface area (Å²) in [6, 6.07) is 1.71. The van der Waals surface area contributed by atoms with Crippen LogP contribution in [0.25, 0.3) is 0 Å². The van der Waals surface area contributed by atoms with Gasteiger partial charge < -0.3 is 4.55 Å². The third-order valence-corrected chi connectivity index (χ3v) is 4.46. The Hall–Kier alpha value is -0.920. The Morgan fingerprint density at radius 2 is 1.81 bits per heavy atom. The zero-order valence-corrected chi connectivity index (χ0v) is 13.1. The number of rotatable bonds is 4. The van der Waals surface area contributed by atoms with Crippen molar-refractivity contribution in [2.45, 2.75) is 38.1 Å². The Morgan fingerprint density at radius 1 is 1.29 bits per heavy atom. The monoisotopic (exact) mass is 341 g/mol. The van der Waals surface area contributed by atoms with Crippen molar-refractivity contribution in [1.29, 1.82) is 0 Å². The van der Waals surface area contributed by atoms with Crippen molar-refractivity contribution in [3.8, 4) is 0 Å². The molecular formula is C13H13ClF3O3S-. The Kier molecular flexibility index (Phi) is 5.23. The molecule has 3 nitrogen and oxygen atoms in total. The van der Waals surface area contributed by atoms with E-state index < -0.39 is 38.4 Å². The van der Waals surface area contributed by atoms with Crippen LogP contribution in [0.1, 0.15) is 47.8 Å². The topological polar surface area (TPSA) is 57.2 Å². The molecule has 1 rings (SSSR count). The lowest BCUT2D eigenvalue weighted by Crippen LogP contribution is -2.28. The number of hydrogen-bond acceptors (Lipinski definition) is 3. The molecular weight excluding hydrogens is 329 g/mol. The van der Waals surface area contributed by atoms with E-state index in [1.165, 1.54) is 13.8 Å². The largest absolute Gasteiger partial charge is 0.772 e. The summed E-state index contributed by atoms with van der Waals surface area (Å²) in [5, 5.41) is -1.01. The average molecular weight is 342 g/mol. The van der Waals surface area contributed by atoms with Crippen LogP contribution in [0.15, 0.2) is 12.1 Å². The van der Waals surface area contributed by atoms with E-state index in [0.29, 0.717) is 6.07 Å². The highest BCUT2D eigenvalue weighted by atomic mass is 35.5. The predicted octanol–water partition coefficient (Wildman–Crippen LogP) is 3.76. The molecule has 0 N–H and O–H groups in total. The van der Waals surface area contributed by atoms with Gasteiger partial charge in [-0.05, 0) is 60.1 Å². The van der Waals surface area contributed by atoms with Crippen molar-refractivity contribution in [3.63, 3.8) is 0 Å². The zero-order valence-electron chi connectivity index (χ0n) is 11.5. The number of alkyl halides is 3. The molecule has 0 saturated carbocycles. The molecule has 1 atom stereocenters. The third-order valence-electron chi connectivity index (χ3n) is 3.21. The van der Waals surface area contributed by atoms with Gasteiger partial charge in [0.15, 0.2) is 0 Å². The Morgan fingerprint density at radius 3 is 2.14 bits per heavy atom. The molecule has 0 amide bonds. The van der Waals surface area contributed by atoms with E-state index in [1.54, 1.807) is 6.92 Å². The molecule has 0 aliphatic carbocycles. The lowest BCUT2D eigenvalue weighted by atomic mass is 9.90. The molecule has 118 valence electrons.